The van der Waals surface area contributed by atoms with Crippen LogP contribution in [0.5, 0.6) is 0 Å². The Hall–Kier alpha value is -2.31. The smallest absolute Gasteiger partial charge is 0.322 e. The Kier molecular flexibility index (Phi) is 3.00. The van der Waals surface area contributed by atoms with Crippen molar-refractivity contribution in [2.45, 2.75) is 25.3 Å². The topological polar surface area (TPSA) is 83.4 Å². The molecule has 21 heavy (non-hydrogen) atoms. The van der Waals surface area contributed by atoms with Gasteiger partial charge >= 0.3 is 6.03 Å². The van der Waals surface area contributed by atoms with Crippen LogP contribution in [0.1, 0.15) is 29.0 Å². The molecule has 3 heterocycles. The lowest BCUT2D eigenvalue weighted by molar-refractivity contribution is -0.125. The van der Waals surface area contributed by atoms with E-state index < -0.39 is 11.6 Å². The first-order chi connectivity index (χ1) is 9.93. The van der Waals surface area contributed by atoms with E-state index in [-0.39, 0.29) is 18.4 Å². The monoisotopic (exact) mass is 290 g/mol. The summed E-state index contributed by atoms with van der Waals surface area (Å²) in [5.41, 5.74) is 0.622. The van der Waals surface area contributed by atoms with Gasteiger partial charge in [0.25, 0.3) is 11.8 Å². The summed E-state index contributed by atoms with van der Waals surface area (Å²) >= 11 is 0. The molecule has 112 valence electrons. The zero-order chi connectivity index (χ0) is 15.2. The van der Waals surface area contributed by atoms with Gasteiger partial charge in [0.1, 0.15) is 11.2 Å². The molecule has 2 aliphatic rings. The maximum Gasteiger partial charge on any atom is 0.322 e. The summed E-state index contributed by atoms with van der Waals surface area (Å²) in [7, 11) is 1.84. The highest BCUT2D eigenvalue weighted by Crippen LogP contribution is 2.25. The number of nitrogens with one attached hydrogen (secondary N) is 2. The molecule has 1 aromatic heterocycles. The van der Waals surface area contributed by atoms with E-state index in [9.17, 15) is 14.4 Å². The largest absolute Gasteiger partial charge is 0.344 e. The molecule has 7 heteroatoms. The molecule has 0 aromatic carbocycles. The van der Waals surface area contributed by atoms with E-state index in [1.54, 1.807) is 11.0 Å². The highest BCUT2D eigenvalue weighted by Gasteiger charge is 2.49. The first-order valence-electron chi connectivity index (χ1n) is 6.98. The average Bonchev–Trinajstić information content (AvgIpc) is 2.90. The van der Waals surface area contributed by atoms with Gasteiger partial charge in [-0.1, -0.05) is 0 Å². The van der Waals surface area contributed by atoms with E-state index in [1.807, 2.05) is 24.6 Å². The Morgan fingerprint density at radius 1 is 1.33 bits per heavy atom. The molecule has 2 aliphatic heterocycles. The molecule has 2 N–H and O–H groups in total. The van der Waals surface area contributed by atoms with Crippen LogP contribution in [-0.4, -0.2) is 45.9 Å². The fraction of sp³-hybridized carbons (Fsp3) is 0.500. The van der Waals surface area contributed by atoms with Crippen molar-refractivity contribution < 1.29 is 14.4 Å². The summed E-state index contributed by atoms with van der Waals surface area (Å²) in [5.74, 6) is -0.452. The third-order valence-corrected chi connectivity index (χ3v) is 4.39. The van der Waals surface area contributed by atoms with Crippen molar-refractivity contribution in [1.82, 2.24) is 20.1 Å². The number of aryl methyl sites for hydroxylation is 1. The number of amides is 4. The lowest BCUT2D eigenvalue weighted by atomic mass is 9.89. The Morgan fingerprint density at radius 3 is 2.67 bits per heavy atom. The van der Waals surface area contributed by atoms with Crippen molar-refractivity contribution in [2.75, 3.05) is 13.1 Å². The predicted molar refractivity (Wildman–Crippen MR) is 74.7 cm³/mol. The number of nitrogens with zero attached hydrogens (tertiary/aromatic N) is 2. The van der Waals surface area contributed by atoms with E-state index >= 15 is 0 Å². The molecule has 1 unspecified atom stereocenters. The number of piperidine rings is 1. The number of imide groups is 1. The normalized spacial score (nSPS) is 25.1. The second kappa shape index (κ2) is 4.61. The van der Waals surface area contributed by atoms with Gasteiger partial charge in [-0.2, -0.15) is 0 Å². The molecular formula is C14H18N4O3. The van der Waals surface area contributed by atoms with Crippen LogP contribution in [0.15, 0.2) is 12.1 Å². The van der Waals surface area contributed by atoms with Crippen molar-refractivity contribution >= 4 is 17.8 Å². The second-order valence-electron chi connectivity index (χ2n) is 5.74. The quantitative estimate of drug-likeness (QED) is 0.722. The van der Waals surface area contributed by atoms with Gasteiger partial charge in [-0.15, -0.1) is 0 Å². The molecular weight excluding hydrogens is 272 g/mol. The van der Waals surface area contributed by atoms with Crippen LogP contribution in [0, 0.1) is 6.92 Å². The molecule has 0 saturated carbocycles. The number of aromatic nitrogens is 1. The van der Waals surface area contributed by atoms with Crippen LogP contribution in [0.3, 0.4) is 0 Å². The maximum atomic E-state index is 12.6. The fourth-order valence-electron chi connectivity index (χ4n) is 3.03. The Labute approximate surface area is 122 Å². The maximum absolute atomic E-state index is 12.6. The first-order valence-corrected chi connectivity index (χ1v) is 6.98. The van der Waals surface area contributed by atoms with Crippen molar-refractivity contribution in [1.29, 1.82) is 0 Å². The Balaban J connectivity index is 1.84. The van der Waals surface area contributed by atoms with Crippen LogP contribution in [-0.2, 0) is 11.8 Å². The number of hydrogen-bond donors (Lipinski definition) is 2. The molecule has 1 atom stereocenters. The van der Waals surface area contributed by atoms with Gasteiger partial charge in [0.15, 0.2) is 0 Å². The summed E-state index contributed by atoms with van der Waals surface area (Å²) in [5, 5.41) is 4.93. The van der Waals surface area contributed by atoms with Crippen LogP contribution in [0.4, 0.5) is 4.79 Å². The highest BCUT2D eigenvalue weighted by molar-refractivity contribution is 6.07. The lowest BCUT2D eigenvalue weighted by Crippen LogP contribution is -2.59. The van der Waals surface area contributed by atoms with Gasteiger partial charge in [0, 0.05) is 19.3 Å². The van der Waals surface area contributed by atoms with Gasteiger partial charge in [-0.3, -0.25) is 14.9 Å². The van der Waals surface area contributed by atoms with Crippen LogP contribution in [0.2, 0.25) is 0 Å². The molecule has 2 saturated heterocycles. The van der Waals surface area contributed by atoms with Crippen LogP contribution < -0.4 is 10.6 Å². The van der Waals surface area contributed by atoms with Crippen molar-refractivity contribution in [3.63, 3.8) is 0 Å². The van der Waals surface area contributed by atoms with E-state index in [1.165, 1.54) is 0 Å². The van der Waals surface area contributed by atoms with E-state index in [4.69, 9.17) is 0 Å². The number of hydrogen-bond acceptors (Lipinski definition) is 3. The summed E-state index contributed by atoms with van der Waals surface area (Å²) in [6.07, 6.45) is 1.24. The van der Waals surface area contributed by atoms with E-state index in [0.717, 1.165) is 5.69 Å². The van der Waals surface area contributed by atoms with Gasteiger partial charge in [0.2, 0.25) is 0 Å². The second-order valence-corrected chi connectivity index (χ2v) is 5.74. The molecule has 0 aliphatic carbocycles. The average molecular weight is 290 g/mol. The van der Waals surface area contributed by atoms with Crippen molar-refractivity contribution in [3.8, 4) is 0 Å². The van der Waals surface area contributed by atoms with Gasteiger partial charge in [0.05, 0.1) is 6.54 Å². The molecule has 7 nitrogen and oxygen atoms in total. The molecule has 2 fully saturated rings. The highest BCUT2D eigenvalue weighted by atomic mass is 16.2. The fourth-order valence-corrected chi connectivity index (χ4v) is 3.03. The van der Waals surface area contributed by atoms with Crippen molar-refractivity contribution in [3.05, 3.63) is 23.5 Å². The SMILES string of the molecule is Cc1ccc(C(=O)N2CCCC3(C2)NC(=O)NC3=O)n1C. The molecule has 1 spiro atoms. The summed E-state index contributed by atoms with van der Waals surface area (Å²) in [4.78, 5) is 37.6. The van der Waals surface area contributed by atoms with Crippen molar-refractivity contribution in [2.24, 2.45) is 7.05 Å². The van der Waals surface area contributed by atoms with Gasteiger partial charge < -0.3 is 14.8 Å². The van der Waals surface area contributed by atoms with Crippen LogP contribution in [0.25, 0.3) is 0 Å². The number of carbonyl (C=O) groups is 3. The third kappa shape index (κ3) is 2.09. The summed E-state index contributed by atoms with van der Waals surface area (Å²) in [6.45, 7) is 2.74. The summed E-state index contributed by atoms with van der Waals surface area (Å²) in [6, 6.07) is 3.19. The number of rotatable bonds is 1. The lowest BCUT2D eigenvalue weighted by Gasteiger charge is -2.38. The van der Waals surface area contributed by atoms with Crippen LogP contribution >= 0.6 is 0 Å². The molecule has 3 rings (SSSR count). The zero-order valence-electron chi connectivity index (χ0n) is 12.1. The molecule has 4 amide bonds. The zero-order valence-corrected chi connectivity index (χ0v) is 12.1. The minimum atomic E-state index is -0.967. The molecule has 0 bridgehead atoms. The van der Waals surface area contributed by atoms with E-state index in [2.05, 4.69) is 10.6 Å². The molecule has 0 radical (unpaired) electrons. The van der Waals surface area contributed by atoms with Gasteiger partial charge in [-0.05, 0) is 31.9 Å². The number of urea groups is 1. The molecule has 1 aromatic rings. The predicted octanol–water partition coefficient (Wildman–Crippen LogP) is 0.148. The Morgan fingerprint density at radius 2 is 2.10 bits per heavy atom. The minimum absolute atomic E-state index is 0.112. The van der Waals surface area contributed by atoms with E-state index in [0.29, 0.717) is 25.1 Å². The minimum Gasteiger partial charge on any atom is -0.344 e. The standard InChI is InChI=1S/C14H18N4O3/c1-9-4-5-10(17(9)2)11(19)18-7-3-6-14(8-18)12(20)15-13(21)16-14/h4-5H,3,6-8H2,1-2H3,(H2,15,16,20,21). The number of carbonyl (C=O) groups excluding carboxylic acids is 3. The number of likely N-dealkylation sites (tertiary alicyclic amines) is 1. The summed E-state index contributed by atoms with van der Waals surface area (Å²) < 4.78 is 1.83. The first kappa shape index (κ1) is 13.7. The van der Waals surface area contributed by atoms with Gasteiger partial charge in [-0.25, -0.2) is 4.79 Å². The third-order valence-electron chi connectivity index (χ3n) is 4.39. The Bertz CT molecular complexity index is 636.